The number of carboxylic acid groups (broad SMARTS) is 1. The first kappa shape index (κ1) is 19.3. The fourth-order valence-electron chi connectivity index (χ4n) is 2.83. The molecule has 138 valence electrons. The van der Waals surface area contributed by atoms with Crippen LogP contribution in [0.3, 0.4) is 0 Å². The molecule has 1 saturated heterocycles. The minimum Gasteiger partial charge on any atom is -0.480 e. The van der Waals surface area contributed by atoms with Crippen LogP contribution in [-0.2, 0) is 4.79 Å². The lowest BCUT2D eigenvalue weighted by atomic mass is 10.0. The highest BCUT2D eigenvalue weighted by molar-refractivity contribution is 5.75. The Morgan fingerprint density at radius 1 is 1.00 bits per heavy atom. The van der Waals surface area contributed by atoms with E-state index in [9.17, 15) is 20.0 Å². The van der Waals surface area contributed by atoms with Crippen LogP contribution in [0.5, 0.6) is 0 Å². The van der Waals surface area contributed by atoms with Crippen molar-refractivity contribution in [2.45, 2.75) is 6.04 Å². The fourth-order valence-corrected chi connectivity index (χ4v) is 2.83. The third-order valence-corrected chi connectivity index (χ3v) is 4.13. The topological polar surface area (TPSA) is 120 Å². The molecule has 1 fully saturated rings. The predicted molar refractivity (Wildman–Crippen MR) is 93.7 cm³/mol. The maximum Gasteiger partial charge on any atom is 0.325 e. The Labute approximate surface area is 146 Å². The number of nitro groups is 1. The number of carboxylic acids is 1. The van der Waals surface area contributed by atoms with Crippen LogP contribution in [0.1, 0.15) is 11.6 Å². The monoisotopic (exact) mass is 351 g/mol. The van der Waals surface area contributed by atoms with E-state index in [0.717, 1.165) is 26.2 Å². The molecule has 0 aliphatic carbocycles. The SMILES string of the molecule is O=C(O)C(c1ccc([N+](=O)[O-])cc1)N1CCNCCNCCNCC1. The summed E-state index contributed by atoms with van der Waals surface area (Å²) < 4.78 is 0. The van der Waals surface area contributed by atoms with Gasteiger partial charge in [-0.1, -0.05) is 12.1 Å². The predicted octanol–water partition coefficient (Wildman–Crippen LogP) is -0.195. The van der Waals surface area contributed by atoms with Crippen molar-refractivity contribution in [1.29, 1.82) is 0 Å². The van der Waals surface area contributed by atoms with E-state index in [1.165, 1.54) is 24.3 Å². The van der Waals surface area contributed by atoms with E-state index in [4.69, 9.17) is 0 Å². The van der Waals surface area contributed by atoms with Crippen LogP contribution in [0.2, 0.25) is 0 Å². The van der Waals surface area contributed by atoms with Crippen molar-refractivity contribution in [2.24, 2.45) is 0 Å². The Kier molecular flexibility index (Phi) is 7.74. The molecule has 1 atom stereocenters. The quantitative estimate of drug-likeness (QED) is 0.435. The highest BCUT2D eigenvalue weighted by atomic mass is 16.6. The molecule has 2 rings (SSSR count). The standard InChI is InChI=1S/C16H25N5O4/c22-16(23)15(13-1-3-14(4-2-13)21(24)25)20-11-9-18-7-5-17-6-8-19-10-12-20/h1-4,15,17-19H,5-12H2,(H,22,23). The summed E-state index contributed by atoms with van der Waals surface area (Å²) in [6.45, 7) is 5.90. The van der Waals surface area contributed by atoms with Gasteiger partial charge in [-0.05, 0) is 5.56 Å². The van der Waals surface area contributed by atoms with Crippen molar-refractivity contribution in [3.63, 3.8) is 0 Å². The van der Waals surface area contributed by atoms with Gasteiger partial charge in [0.15, 0.2) is 0 Å². The van der Waals surface area contributed by atoms with Crippen LogP contribution in [0.15, 0.2) is 24.3 Å². The molecule has 1 aromatic carbocycles. The van der Waals surface area contributed by atoms with Crippen LogP contribution in [0.4, 0.5) is 5.69 Å². The highest BCUT2D eigenvalue weighted by Crippen LogP contribution is 2.23. The first-order valence-electron chi connectivity index (χ1n) is 8.43. The van der Waals surface area contributed by atoms with E-state index < -0.39 is 16.9 Å². The zero-order valence-corrected chi connectivity index (χ0v) is 14.1. The van der Waals surface area contributed by atoms with E-state index >= 15 is 0 Å². The zero-order valence-electron chi connectivity index (χ0n) is 14.1. The molecule has 4 N–H and O–H groups in total. The van der Waals surface area contributed by atoms with Gasteiger partial charge in [-0.25, -0.2) is 0 Å². The average Bonchev–Trinajstić information content (AvgIpc) is 2.57. The number of carbonyl (C=O) groups is 1. The van der Waals surface area contributed by atoms with Gasteiger partial charge < -0.3 is 21.1 Å². The summed E-state index contributed by atoms with van der Waals surface area (Å²) in [5.74, 6) is -0.956. The summed E-state index contributed by atoms with van der Waals surface area (Å²) in [5.41, 5.74) is 0.504. The third-order valence-electron chi connectivity index (χ3n) is 4.13. The number of hydrogen-bond acceptors (Lipinski definition) is 7. The Bertz CT molecular complexity index is 554. The molecule has 9 heteroatoms. The minimum atomic E-state index is -0.956. The van der Waals surface area contributed by atoms with Gasteiger partial charge in [-0.15, -0.1) is 0 Å². The molecule has 1 aromatic rings. The molecule has 0 saturated carbocycles. The van der Waals surface area contributed by atoms with Crippen molar-refractivity contribution < 1.29 is 14.8 Å². The van der Waals surface area contributed by atoms with Crippen LogP contribution >= 0.6 is 0 Å². The Hall–Kier alpha value is -2.07. The molecule has 0 aromatic heterocycles. The molecule has 25 heavy (non-hydrogen) atoms. The number of aliphatic carboxylic acids is 1. The first-order chi connectivity index (χ1) is 12.1. The zero-order chi connectivity index (χ0) is 18.1. The summed E-state index contributed by atoms with van der Waals surface area (Å²) in [6.07, 6.45) is 0. The summed E-state index contributed by atoms with van der Waals surface area (Å²) in [5, 5.41) is 30.4. The van der Waals surface area contributed by atoms with Crippen molar-refractivity contribution >= 4 is 11.7 Å². The van der Waals surface area contributed by atoms with E-state index in [-0.39, 0.29) is 5.69 Å². The summed E-state index contributed by atoms with van der Waals surface area (Å²) in [6, 6.07) is 4.93. The molecular formula is C16H25N5O4. The van der Waals surface area contributed by atoms with Crippen molar-refractivity contribution in [2.75, 3.05) is 52.4 Å². The van der Waals surface area contributed by atoms with Crippen LogP contribution in [0.25, 0.3) is 0 Å². The Morgan fingerprint density at radius 3 is 1.92 bits per heavy atom. The largest absolute Gasteiger partial charge is 0.480 e. The van der Waals surface area contributed by atoms with Gasteiger partial charge >= 0.3 is 5.97 Å². The number of nitro benzene ring substituents is 1. The molecule has 1 unspecified atom stereocenters. The van der Waals surface area contributed by atoms with E-state index in [1.807, 2.05) is 4.90 Å². The van der Waals surface area contributed by atoms with Crippen molar-refractivity contribution in [3.05, 3.63) is 39.9 Å². The normalized spacial score (nSPS) is 19.4. The molecule has 0 amide bonds. The van der Waals surface area contributed by atoms with Gasteiger partial charge in [0.1, 0.15) is 6.04 Å². The van der Waals surface area contributed by atoms with Gasteiger partial charge in [-0.3, -0.25) is 19.8 Å². The maximum atomic E-state index is 11.9. The fraction of sp³-hybridized carbons (Fsp3) is 0.562. The lowest BCUT2D eigenvalue weighted by Gasteiger charge is -2.29. The highest BCUT2D eigenvalue weighted by Gasteiger charge is 2.27. The van der Waals surface area contributed by atoms with Gasteiger partial charge in [-0.2, -0.15) is 0 Å². The van der Waals surface area contributed by atoms with Gasteiger partial charge in [0, 0.05) is 64.5 Å². The van der Waals surface area contributed by atoms with Crippen molar-refractivity contribution in [1.82, 2.24) is 20.9 Å². The van der Waals surface area contributed by atoms with Crippen LogP contribution < -0.4 is 16.0 Å². The second-order valence-corrected chi connectivity index (χ2v) is 5.88. The van der Waals surface area contributed by atoms with Gasteiger partial charge in [0.2, 0.25) is 0 Å². The second-order valence-electron chi connectivity index (χ2n) is 5.88. The number of rotatable bonds is 4. The summed E-state index contributed by atoms with van der Waals surface area (Å²) in [4.78, 5) is 24.1. The molecular weight excluding hydrogens is 326 g/mol. The molecule has 9 nitrogen and oxygen atoms in total. The lowest BCUT2D eigenvalue weighted by Crippen LogP contribution is -2.44. The van der Waals surface area contributed by atoms with Gasteiger partial charge in [0.05, 0.1) is 4.92 Å². The molecule has 0 radical (unpaired) electrons. The maximum absolute atomic E-state index is 11.9. The summed E-state index contributed by atoms with van der Waals surface area (Å²) in [7, 11) is 0. The number of non-ortho nitro benzene ring substituents is 1. The molecule has 1 heterocycles. The number of hydrogen-bond donors (Lipinski definition) is 4. The molecule has 1 aliphatic heterocycles. The van der Waals surface area contributed by atoms with E-state index in [2.05, 4.69) is 16.0 Å². The van der Waals surface area contributed by atoms with E-state index in [0.29, 0.717) is 31.7 Å². The van der Waals surface area contributed by atoms with Crippen LogP contribution in [0, 0.1) is 10.1 Å². The average molecular weight is 351 g/mol. The third kappa shape index (κ3) is 6.05. The van der Waals surface area contributed by atoms with E-state index in [1.54, 1.807) is 0 Å². The Morgan fingerprint density at radius 2 is 1.48 bits per heavy atom. The Balaban J connectivity index is 2.13. The van der Waals surface area contributed by atoms with Crippen LogP contribution in [-0.4, -0.2) is 73.3 Å². The lowest BCUT2D eigenvalue weighted by molar-refractivity contribution is -0.384. The number of nitrogens with zero attached hydrogens (tertiary/aromatic N) is 2. The molecule has 0 bridgehead atoms. The minimum absolute atomic E-state index is 0.0441. The second kappa shape index (κ2) is 10.0. The summed E-state index contributed by atoms with van der Waals surface area (Å²) >= 11 is 0. The molecule has 0 spiro atoms. The smallest absolute Gasteiger partial charge is 0.325 e. The first-order valence-corrected chi connectivity index (χ1v) is 8.43. The molecule has 1 aliphatic rings. The van der Waals surface area contributed by atoms with Gasteiger partial charge in [0.25, 0.3) is 5.69 Å². The number of benzene rings is 1. The van der Waals surface area contributed by atoms with Crippen molar-refractivity contribution in [3.8, 4) is 0 Å². The number of nitrogens with one attached hydrogen (secondary N) is 3.